The van der Waals surface area contributed by atoms with Gasteiger partial charge in [-0.15, -0.1) is 4.36 Å². The maximum Gasteiger partial charge on any atom is 0.354 e. The van der Waals surface area contributed by atoms with Gasteiger partial charge in [-0.1, -0.05) is 0 Å². The quantitative estimate of drug-likeness (QED) is 0.760. The molecule has 0 radical (unpaired) electrons. The lowest BCUT2D eigenvalue weighted by molar-refractivity contribution is 0.224. The second-order valence-corrected chi connectivity index (χ2v) is 9.57. The van der Waals surface area contributed by atoms with Crippen molar-refractivity contribution < 1.29 is 13.7 Å². The van der Waals surface area contributed by atoms with Gasteiger partial charge in [0.25, 0.3) is 0 Å². The van der Waals surface area contributed by atoms with Crippen LogP contribution in [-0.2, 0) is 42.1 Å². The fourth-order valence-corrected chi connectivity index (χ4v) is 5.79. The summed E-state index contributed by atoms with van der Waals surface area (Å²) in [6.07, 6.45) is 7.31. The van der Waals surface area contributed by atoms with E-state index in [9.17, 15) is 14.3 Å². The van der Waals surface area contributed by atoms with Crippen LogP contribution in [0.5, 0.6) is 5.88 Å². The highest BCUT2D eigenvalue weighted by Gasteiger charge is 2.30. The molecule has 3 aliphatic rings. The van der Waals surface area contributed by atoms with Crippen LogP contribution >= 0.6 is 0 Å². The Morgan fingerprint density at radius 1 is 1.20 bits per heavy atom. The van der Waals surface area contributed by atoms with Crippen LogP contribution in [-0.4, -0.2) is 26.6 Å². The van der Waals surface area contributed by atoms with Crippen LogP contribution in [0.3, 0.4) is 0 Å². The minimum atomic E-state index is -3.52. The lowest BCUT2D eigenvalue weighted by Crippen LogP contribution is -2.21. The van der Waals surface area contributed by atoms with E-state index < -0.39 is 15.9 Å². The van der Waals surface area contributed by atoms with Gasteiger partial charge < -0.3 is 10.1 Å². The Labute approximate surface area is 174 Å². The van der Waals surface area contributed by atoms with Crippen molar-refractivity contribution in [1.29, 1.82) is 5.26 Å². The molecule has 1 aromatic carbocycles. The average molecular weight is 427 g/mol. The second-order valence-electron chi connectivity index (χ2n) is 7.81. The summed E-state index contributed by atoms with van der Waals surface area (Å²) in [6, 6.07) is 1.61. The van der Waals surface area contributed by atoms with Gasteiger partial charge in [-0.2, -0.15) is 10.4 Å². The number of rotatable bonds is 2. The predicted molar refractivity (Wildman–Crippen MR) is 110 cm³/mol. The standard InChI is InChI=1S/C20H22N6O3S/c21-10-16-12-4-1-6-14(12)18(15-7-2-5-13(15)16)24-20(27)25-30(22,28)17-11-23-26-8-3-9-29-19(17)26/h11H,1-9H2,(H3,22,24,25,27,28). The number of carbonyl (C=O) groups excluding carboxylic acids is 1. The van der Waals surface area contributed by atoms with Crippen molar-refractivity contribution >= 4 is 21.6 Å². The van der Waals surface area contributed by atoms with Crippen LogP contribution < -0.4 is 15.2 Å². The predicted octanol–water partition coefficient (Wildman–Crippen LogP) is 2.45. The third-order valence-electron chi connectivity index (χ3n) is 6.03. The molecule has 156 valence electrons. The van der Waals surface area contributed by atoms with Gasteiger partial charge in [0.2, 0.25) is 5.88 Å². The summed E-state index contributed by atoms with van der Waals surface area (Å²) in [7, 11) is -3.52. The Morgan fingerprint density at radius 3 is 2.53 bits per heavy atom. The zero-order valence-electron chi connectivity index (χ0n) is 16.4. The molecular formula is C20H22N6O3S. The zero-order valence-corrected chi connectivity index (χ0v) is 17.3. The first kappa shape index (κ1) is 19.1. The number of hydrogen-bond donors (Lipinski definition) is 2. The van der Waals surface area contributed by atoms with E-state index in [2.05, 4.69) is 20.8 Å². The Kier molecular flexibility index (Phi) is 4.52. The van der Waals surface area contributed by atoms with E-state index in [0.29, 0.717) is 19.0 Å². The summed E-state index contributed by atoms with van der Waals surface area (Å²) in [4.78, 5) is 12.9. The average Bonchev–Trinajstić information content (AvgIpc) is 3.46. The summed E-state index contributed by atoms with van der Waals surface area (Å²) < 4.78 is 24.0. The molecule has 2 amide bonds. The minimum absolute atomic E-state index is 0.132. The summed E-state index contributed by atoms with van der Waals surface area (Å²) in [5.74, 6) is 0.311. The molecule has 30 heavy (non-hydrogen) atoms. The largest absolute Gasteiger partial charge is 0.477 e. The van der Waals surface area contributed by atoms with Crippen LogP contribution in [0.15, 0.2) is 15.5 Å². The monoisotopic (exact) mass is 426 g/mol. The van der Waals surface area contributed by atoms with Gasteiger partial charge in [0.1, 0.15) is 4.90 Å². The number of benzene rings is 1. The van der Waals surface area contributed by atoms with Crippen molar-refractivity contribution in [2.75, 3.05) is 11.9 Å². The fraction of sp³-hybridized carbons (Fsp3) is 0.450. The Morgan fingerprint density at radius 2 is 1.87 bits per heavy atom. The number of urea groups is 1. The third kappa shape index (κ3) is 2.97. The lowest BCUT2D eigenvalue weighted by Gasteiger charge is -2.17. The number of aryl methyl sites for hydroxylation is 1. The van der Waals surface area contributed by atoms with Crippen LogP contribution in [0.2, 0.25) is 0 Å². The number of ether oxygens (including phenoxy) is 1. The highest BCUT2D eigenvalue weighted by molar-refractivity contribution is 7.91. The second kappa shape index (κ2) is 7.11. The van der Waals surface area contributed by atoms with Crippen molar-refractivity contribution in [1.82, 2.24) is 9.78 Å². The topological polar surface area (TPSA) is 135 Å². The van der Waals surface area contributed by atoms with E-state index in [1.165, 1.54) is 6.20 Å². The smallest absolute Gasteiger partial charge is 0.354 e. The first-order valence-electron chi connectivity index (χ1n) is 10.1. The molecule has 1 aliphatic heterocycles. The molecule has 10 heteroatoms. The molecule has 0 fully saturated rings. The van der Waals surface area contributed by atoms with Crippen molar-refractivity contribution in [2.45, 2.75) is 56.4 Å². The summed E-state index contributed by atoms with van der Waals surface area (Å²) >= 11 is 0. The number of nitrogens with zero attached hydrogens (tertiary/aromatic N) is 4. The maximum atomic E-state index is 13.1. The number of nitriles is 1. The zero-order chi connectivity index (χ0) is 20.9. The van der Waals surface area contributed by atoms with Gasteiger partial charge >= 0.3 is 6.03 Å². The number of hydrogen-bond acceptors (Lipinski definition) is 5. The first-order chi connectivity index (χ1) is 14.5. The molecule has 2 aromatic rings. The highest BCUT2D eigenvalue weighted by Crippen LogP contribution is 2.41. The van der Waals surface area contributed by atoms with Crippen LogP contribution in [0, 0.1) is 11.3 Å². The number of amides is 2. The molecule has 0 bridgehead atoms. The number of aromatic nitrogens is 2. The van der Waals surface area contributed by atoms with Gasteiger partial charge in [-0.05, 0) is 60.8 Å². The molecule has 5 rings (SSSR count). The SMILES string of the molecule is N#Cc1c2c(c(NC(=O)N=S(N)(=O)c3cnn4c3OCCC4)c3c1CCC3)CCC2. The summed E-state index contributed by atoms with van der Waals surface area (Å²) in [5.41, 5.74) is 5.57. The van der Waals surface area contributed by atoms with E-state index in [1.54, 1.807) is 4.68 Å². The number of fused-ring (bicyclic) bond motifs is 3. The molecule has 1 unspecified atom stereocenters. The van der Waals surface area contributed by atoms with Crippen LogP contribution in [0.4, 0.5) is 10.5 Å². The van der Waals surface area contributed by atoms with Gasteiger partial charge in [0.15, 0.2) is 9.92 Å². The number of nitrogens with two attached hydrogens (primary N) is 1. The molecule has 2 heterocycles. The van der Waals surface area contributed by atoms with Crippen molar-refractivity contribution in [3.05, 3.63) is 34.0 Å². The highest BCUT2D eigenvalue weighted by atomic mass is 32.2. The Balaban J connectivity index is 1.52. The van der Waals surface area contributed by atoms with Gasteiger partial charge in [0, 0.05) is 18.7 Å². The van der Waals surface area contributed by atoms with Gasteiger partial charge in [0.05, 0.1) is 24.4 Å². The summed E-state index contributed by atoms with van der Waals surface area (Å²) in [6.45, 7) is 1.12. The van der Waals surface area contributed by atoms with Crippen molar-refractivity contribution in [3.63, 3.8) is 0 Å². The minimum Gasteiger partial charge on any atom is -0.477 e. The molecule has 1 aromatic heterocycles. The van der Waals surface area contributed by atoms with Gasteiger partial charge in [-0.3, -0.25) is 0 Å². The Hall–Kier alpha value is -2.90. The van der Waals surface area contributed by atoms with E-state index in [0.717, 1.165) is 78.5 Å². The molecule has 0 spiro atoms. The molecule has 2 aliphatic carbocycles. The molecule has 3 N–H and O–H groups in total. The molecule has 9 nitrogen and oxygen atoms in total. The van der Waals surface area contributed by atoms with E-state index in [1.807, 2.05) is 0 Å². The number of nitrogens with one attached hydrogen (secondary N) is 1. The number of anilines is 1. The van der Waals surface area contributed by atoms with Gasteiger partial charge in [-0.25, -0.2) is 18.8 Å². The molecule has 0 saturated heterocycles. The normalized spacial score (nSPS) is 18.4. The van der Waals surface area contributed by atoms with Crippen molar-refractivity contribution in [2.24, 2.45) is 9.50 Å². The van der Waals surface area contributed by atoms with Crippen LogP contribution in [0.25, 0.3) is 0 Å². The molecule has 0 saturated carbocycles. The maximum absolute atomic E-state index is 13.1. The van der Waals surface area contributed by atoms with E-state index in [-0.39, 0.29) is 4.90 Å². The summed E-state index contributed by atoms with van der Waals surface area (Å²) in [5, 5.41) is 22.6. The van der Waals surface area contributed by atoms with E-state index in [4.69, 9.17) is 9.88 Å². The van der Waals surface area contributed by atoms with Crippen molar-refractivity contribution in [3.8, 4) is 11.9 Å². The first-order valence-corrected chi connectivity index (χ1v) is 11.7. The molecule has 1 atom stereocenters. The fourth-order valence-electron chi connectivity index (χ4n) is 4.79. The number of carbonyl (C=O) groups is 1. The third-order valence-corrected chi connectivity index (χ3v) is 7.38. The lowest BCUT2D eigenvalue weighted by atomic mass is 9.93. The molecular weight excluding hydrogens is 404 g/mol. The van der Waals surface area contributed by atoms with E-state index >= 15 is 0 Å². The van der Waals surface area contributed by atoms with Crippen LogP contribution in [0.1, 0.15) is 47.1 Å². The Bertz CT molecular complexity index is 1200.